The minimum absolute atomic E-state index is 0.0515. The summed E-state index contributed by atoms with van der Waals surface area (Å²) in [6, 6.07) is 6.85. The summed E-state index contributed by atoms with van der Waals surface area (Å²) in [5, 5.41) is 19.9. The number of nitrogens with one attached hydrogen (secondary N) is 1. The zero-order valence-electron chi connectivity index (χ0n) is 11.7. The zero-order chi connectivity index (χ0) is 15.7. The number of aliphatic hydroxyl groups excluding tert-OH is 1. The Hall–Kier alpha value is -2.28. The molecule has 0 radical (unpaired) electrons. The quantitative estimate of drug-likeness (QED) is 0.610. The molecule has 1 aromatic carbocycles. The third-order valence-electron chi connectivity index (χ3n) is 2.53. The number of aliphatic hydroxyl groups is 1. The molecule has 0 aliphatic carbocycles. The van der Waals surface area contributed by atoms with E-state index in [-0.39, 0.29) is 25.5 Å². The number of hydrogen-bond acceptors (Lipinski definition) is 5. The van der Waals surface area contributed by atoms with Crippen molar-refractivity contribution in [3.63, 3.8) is 0 Å². The maximum Gasteiger partial charge on any atom is 0.332 e. The van der Waals surface area contributed by atoms with Gasteiger partial charge in [0, 0.05) is 13.0 Å². The average Bonchev–Trinajstić information content (AvgIpc) is 2.46. The fraction of sp³-hybridized carbons (Fsp3) is 0.429. The van der Waals surface area contributed by atoms with Crippen LogP contribution in [0.5, 0.6) is 11.5 Å². The van der Waals surface area contributed by atoms with Crippen LogP contribution >= 0.6 is 0 Å². The molecule has 1 atom stereocenters. The average molecular weight is 297 g/mol. The van der Waals surface area contributed by atoms with Crippen molar-refractivity contribution in [3.05, 3.63) is 24.3 Å². The van der Waals surface area contributed by atoms with Gasteiger partial charge in [-0.2, -0.15) is 0 Å². The van der Waals surface area contributed by atoms with E-state index in [0.29, 0.717) is 12.4 Å². The van der Waals surface area contributed by atoms with Crippen LogP contribution in [0.25, 0.3) is 0 Å². The summed E-state index contributed by atoms with van der Waals surface area (Å²) < 4.78 is 10.5. The molecule has 21 heavy (non-hydrogen) atoms. The van der Waals surface area contributed by atoms with Crippen LogP contribution in [0, 0.1) is 0 Å². The summed E-state index contributed by atoms with van der Waals surface area (Å²) in [4.78, 5) is 21.8. The normalized spacial score (nSPS) is 11.5. The molecule has 0 saturated heterocycles. The molecule has 1 amide bonds. The number of aliphatic carboxylic acids is 1. The number of ether oxygens (including phenoxy) is 2. The number of rotatable bonds is 9. The van der Waals surface area contributed by atoms with Gasteiger partial charge in [0.15, 0.2) is 12.7 Å². The lowest BCUT2D eigenvalue weighted by Crippen LogP contribution is -2.33. The fourth-order valence-corrected chi connectivity index (χ4v) is 1.47. The molecular weight excluding hydrogens is 278 g/mol. The smallest absolute Gasteiger partial charge is 0.332 e. The van der Waals surface area contributed by atoms with E-state index in [0.717, 1.165) is 5.75 Å². The van der Waals surface area contributed by atoms with Crippen LogP contribution in [-0.2, 0) is 9.59 Å². The van der Waals surface area contributed by atoms with E-state index in [1.165, 1.54) is 0 Å². The van der Waals surface area contributed by atoms with Gasteiger partial charge in [-0.15, -0.1) is 0 Å². The second kappa shape index (κ2) is 8.80. The summed E-state index contributed by atoms with van der Waals surface area (Å²) in [6.45, 7) is 2.34. The number of carboxylic acid groups (broad SMARTS) is 1. The molecule has 1 aromatic rings. The second-order valence-electron chi connectivity index (χ2n) is 4.19. The van der Waals surface area contributed by atoms with Gasteiger partial charge in [0.25, 0.3) is 5.91 Å². The molecule has 7 heteroatoms. The van der Waals surface area contributed by atoms with E-state index >= 15 is 0 Å². The van der Waals surface area contributed by atoms with Crippen LogP contribution < -0.4 is 14.8 Å². The molecular formula is C14H19NO6. The third-order valence-corrected chi connectivity index (χ3v) is 2.53. The summed E-state index contributed by atoms with van der Waals surface area (Å²) >= 11 is 0. The lowest BCUT2D eigenvalue weighted by molar-refractivity contribution is -0.147. The molecule has 0 spiro atoms. The third kappa shape index (κ3) is 6.62. The maximum absolute atomic E-state index is 11.4. The summed E-state index contributed by atoms with van der Waals surface area (Å²) in [5.74, 6) is -0.451. The standard InChI is InChI=1S/C14H19NO6/c1-2-20-10-3-5-11(6-4-10)21-9-13(17)15-8-7-12(16)14(18)19/h3-6,12,16H,2,7-9H2,1H3,(H,15,17)(H,18,19)/t12-/m0/s1. The number of carboxylic acids is 1. The molecule has 0 aliphatic heterocycles. The first kappa shape index (κ1) is 16.8. The highest BCUT2D eigenvalue weighted by Gasteiger charge is 2.12. The number of amides is 1. The van der Waals surface area contributed by atoms with Gasteiger partial charge in [-0.1, -0.05) is 0 Å². The molecule has 0 heterocycles. The number of carbonyl (C=O) groups excluding carboxylic acids is 1. The molecule has 0 unspecified atom stereocenters. The van der Waals surface area contributed by atoms with Gasteiger partial charge < -0.3 is 25.0 Å². The molecule has 3 N–H and O–H groups in total. The maximum atomic E-state index is 11.4. The fourth-order valence-electron chi connectivity index (χ4n) is 1.47. The highest BCUT2D eigenvalue weighted by Crippen LogP contribution is 2.17. The summed E-state index contributed by atoms with van der Waals surface area (Å²) in [6.07, 6.45) is -1.53. The van der Waals surface area contributed by atoms with Crippen molar-refractivity contribution in [2.24, 2.45) is 0 Å². The molecule has 1 rings (SSSR count). The van der Waals surface area contributed by atoms with Gasteiger partial charge in [-0.05, 0) is 31.2 Å². The first-order chi connectivity index (χ1) is 10.0. The topological polar surface area (TPSA) is 105 Å². The van der Waals surface area contributed by atoms with E-state index in [4.69, 9.17) is 19.7 Å². The number of carbonyl (C=O) groups is 2. The van der Waals surface area contributed by atoms with Crippen molar-refractivity contribution in [1.29, 1.82) is 0 Å². The van der Waals surface area contributed by atoms with Crippen molar-refractivity contribution < 1.29 is 29.3 Å². The van der Waals surface area contributed by atoms with Gasteiger partial charge in [-0.3, -0.25) is 4.79 Å². The van der Waals surface area contributed by atoms with E-state index < -0.39 is 12.1 Å². The second-order valence-corrected chi connectivity index (χ2v) is 4.19. The van der Waals surface area contributed by atoms with Crippen LogP contribution in [0.2, 0.25) is 0 Å². The summed E-state index contributed by atoms with van der Waals surface area (Å²) in [7, 11) is 0. The van der Waals surface area contributed by atoms with Crippen molar-refractivity contribution in [1.82, 2.24) is 5.32 Å². The number of benzene rings is 1. The van der Waals surface area contributed by atoms with Crippen molar-refractivity contribution >= 4 is 11.9 Å². The largest absolute Gasteiger partial charge is 0.494 e. The zero-order valence-corrected chi connectivity index (χ0v) is 11.7. The first-order valence-corrected chi connectivity index (χ1v) is 6.56. The Morgan fingerprint density at radius 3 is 2.29 bits per heavy atom. The van der Waals surface area contributed by atoms with Crippen molar-refractivity contribution in [2.45, 2.75) is 19.4 Å². The van der Waals surface area contributed by atoms with Gasteiger partial charge in [-0.25, -0.2) is 4.79 Å². The number of hydrogen-bond donors (Lipinski definition) is 3. The highest BCUT2D eigenvalue weighted by atomic mass is 16.5. The lowest BCUT2D eigenvalue weighted by Gasteiger charge is -2.09. The monoisotopic (exact) mass is 297 g/mol. The van der Waals surface area contributed by atoms with E-state index in [1.807, 2.05) is 6.92 Å². The van der Waals surface area contributed by atoms with Crippen LogP contribution in [0.3, 0.4) is 0 Å². The van der Waals surface area contributed by atoms with Crippen LogP contribution in [-0.4, -0.2) is 48.0 Å². The Bertz CT molecular complexity index is 459. The predicted octanol–water partition coefficient (Wildman–Crippen LogP) is 0.416. The van der Waals surface area contributed by atoms with E-state index in [2.05, 4.69) is 5.32 Å². The minimum Gasteiger partial charge on any atom is -0.494 e. The van der Waals surface area contributed by atoms with Crippen molar-refractivity contribution in [3.8, 4) is 11.5 Å². The molecule has 0 saturated carbocycles. The van der Waals surface area contributed by atoms with Crippen LogP contribution in [0.1, 0.15) is 13.3 Å². The van der Waals surface area contributed by atoms with E-state index in [1.54, 1.807) is 24.3 Å². The molecule has 0 fully saturated rings. The first-order valence-electron chi connectivity index (χ1n) is 6.56. The predicted molar refractivity (Wildman–Crippen MR) is 74.4 cm³/mol. The van der Waals surface area contributed by atoms with Gasteiger partial charge >= 0.3 is 5.97 Å². The molecule has 0 bridgehead atoms. The molecule has 7 nitrogen and oxygen atoms in total. The molecule has 116 valence electrons. The van der Waals surface area contributed by atoms with Crippen molar-refractivity contribution in [2.75, 3.05) is 19.8 Å². The molecule has 0 aromatic heterocycles. The van der Waals surface area contributed by atoms with Gasteiger partial charge in [0.05, 0.1) is 6.61 Å². The SMILES string of the molecule is CCOc1ccc(OCC(=O)NCC[C@H](O)C(=O)O)cc1. The van der Waals surface area contributed by atoms with Crippen LogP contribution in [0.15, 0.2) is 24.3 Å². The minimum atomic E-state index is -1.47. The van der Waals surface area contributed by atoms with Crippen LogP contribution in [0.4, 0.5) is 0 Å². The Kier molecular flexibility index (Phi) is 7.03. The molecule has 0 aliphatic rings. The lowest BCUT2D eigenvalue weighted by atomic mass is 10.2. The Morgan fingerprint density at radius 2 is 1.76 bits per heavy atom. The summed E-state index contributed by atoms with van der Waals surface area (Å²) in [5.41, 5.74) is 0. The Balaban J connectivity index is 2.24. The Morgan fingerprint density at radius 1 is 1.19 bits per heavy atom. The van der Waals surface area contributed by atoms with Gasteiger partial charge in [0.1, 0.15) is 11.5 Å². The van der Waals surface area contributed by atoms with E-state index in [9.17, 15) is 9.59 Å². The van der Waals surface area contributed by atoms with Gasteiger partial charge in [0.2, 0.25) is 0 Å². The Labute approximate surface area is 122 Å². The highest BCUT2D eigenvalue weighted by molar-refractivity contribution is 5.77.